The minimum atomic E-state index is -0.196. The van der Waals surface area contributed by atoms with Crippen molar-refractivity contribution in [1.82, 2.24) is 5.32 Å². The Kier molecular flexibility index (Phi) is 7.09. The van der Waals surface area contributed by atoms with Crippen molar-refractivity contribution >= 4 is 18.3 Å². The zero-order valence-corrected chi connectivity index (χ0v) is 10.7. The van der Waals surface area contributed by atoms with E-state index in [1.54, 1.807) is 20.3 Å². The normalized spacial score (nSPS) is 9.12. The van der Waals surface area contributed by atoms with Crippen LogP contribution in [-0.4, -0.2) is 26.7 Å². The number of methoxy groups -OCH3 is 2. The molecule has 0 spiro atoms. The summed E-state index contributed by atoms with van der Waals surface area (Å²) in [5.74, 6) is 1.19. The zero-order valence-electron chi connectivity index (χ0n) is 9.86. The van der Waals surface area contributed by atoms with Gasteiger partial charge < -0.3 is 20.5 Å². The van der Waals surface area contributed by atoms with Gasteiger partial charge in [-0.2, -0.15) is 0 Å². The first kappa shape index (κ1) is 15.5. The third kappa shape index (κ3) is 4.50. The molecule has 1 aromatic carbocycles. The number of rotatable bonds is 5. The van der Waals surface area contributed by atoms with Crippen LogP contribution in [0.1, 0.15) is 5.56 Å². The molecule has 0 bridgehead atoms. The zero-order chi connectivity index (χ0) is 12.0. The standard InChI is InChI=1S/C11H16N2O3.ClH/c1-15-9-4-3-8(10(5-9)16-2)7-13-11(14)6-12;/h3-5H,6-7,12H2,1-2H3,(H,13,14);1H. The van der Waals surface area contributed by atoms with Gasteiger partial charge >= 0.3 is 0 Å². The predicted molar refractivity (Wildman–Crippen MR) is 67.7 cm³/mol. The van der Waals surface area contributed by atoms with E-state index in [2.05, 4.69) is 5.32 Å². The molecule has 6 heteroatoms. The van der Waals surface area contributed by atoms with E-state index >= 15 is 0 Å². The molecular weight excluding hydrogens is 244 g/mol. The Bertz CT molecular complexity index is 372. The van der Waals surface area contributed by atoms with Crippen molar-refractivity contribution in [2.75, 3.05) is 20.8 Å². The first-order valence-electron chi connectivity index (χ1n) is 4.89. The topological polar surface area (TPSA) is 73.6 Å². The fourth-order valence-electron chi connectivity index (χ4n) is 1.26. The molecule has 0 aromatic heterocycles. The second kappa shape index (κ2) is 7.76. The number of ether oxygens (including phenoxy) is 2. The highest BCUT2D eigenvalue weighted by Gasteiger charge is 2.05. The van der Waals surface area contributed by atoms with E-state index in [-0.39, 0.29) is 24.9 Å². The van der Waals surface area contributed by atoms with Crippen LogP contribution >= 0.6 is 12.4 Å². The summed E-state index contributed by atoms with van der Waals surface area (Å²) in [7, 11) is 3.16. The number of hydrogen-bond donors (Lipinski definition) is 2. The van der Waals surface area contributed by atoms with Gasteiger partial charge in [0.1, 0.15) is 11.5 Å². The molecule has 1 rings (SSSR count). The summed E-state index contributed by atoms with van der Waals surface area (Å²) in [6, 6.07) is 5.42. The second-order valence-corrected chi connectivity index (χ2v) is 3.16. The molecule has 3 N–H and O–H groups in total. The highest BCUT2D eigenvalue weighted by Crippen LogP contribution is 2.24. The molecule has 0 fully saturated rings. The Morgan fingerprint density at radius 3 is 2.59 bits per heavy atom. The van der Waals surface area contributed by atoms with Gasteiger partial charge in [-0.25, -0.2) is 0 Å². The lowest BCUT2D eigenvalue weighted by Gasteiger charge is -2.10. The molecule has 0 saturated heterocycles. The van der Waals surface area contributed by atoms with Crippen molar-refractivity contribution in [3.05, 3.63) is 23.8 Å². The molecule has 0 aliphatic rings. The summed E-state index contributed by atoms with van der Waals surface area (Å²) in [5.41, 5.74) is 6.07. The number of carbonyl (C=O) groups excluding carboxylic acids is 1. The molecule has 1 amide bonds. The summed E-state index contributed by atoms with van der Waals surface area (Å²) in [5, 5.41) is 2.68. The van der Waals surface area contributed by atoms with Crippen LogP contribution in [-0.2, 0) is 11.3 Å². The van der Waals surface area contributed by atoms with Gasteiger partial charge in [0, 0.05) is 18.2 Å². The van der Waals surface area contributed by atoms with E-state index < -0.39 is 0 Å². The van der Waals surface area contributed by atoms with Crippen molar-refractivity contribution in [3.8, 4) is 11.5 Å². The Morgan fingerprint density at radius 1 is 1.35 bits per heavy atom. The van der Waals surface area contributed by atoms with Crippen LogP contribution in [0.2, 0.25) is 0 Å². The van der Waals surface area contributed by atoms with Gasteiger partial charge in [0.25, 0.3) is 0 Å². The third-order valence-corrected chi connectivity index (χ3v) is 2.16. The number of nitrogens with two attached hydrogens (primary N) is 1. The van der Waals surface area contributed by atoms with E-state index in [4.69, 9.17) is 15.2 Å². The number of hydrogen-bond acceptors (Lipinski definition) is 4. The molecule has 0 unspecified atom stereocenters. The second-order valence-electron chi connectivity index (χ2n) is 3.16. The monoisotopic (exact) mass is 260 g/mol. The summed E-state index contributed by atoms with van der Waals surface area (Å²) >= 11 is 0. The van der Waals surface area contributed by atoms with Crippen LogP contribution in [0.15, 0.2) is 18.2 Å². The maximum absolute atomic E-state index is 11.0. The average Bonchev–Trinajstić information content (AvgIpc) is 2.35. The maximum atomic E-state index is 11.0. The van der Waals surface area contributed by atoms with Crippen molar-refractivity contribution in [2.45, 2.75) is 6.54 Å². The minimum Gasteiger partial charge on any atom is -0.497 e. The van der Waals surface area contributed by atoms with Crippen molar-refractivity contribution < 1.29 is 14.3 Å². The molecule has 0 atom stereocenters. The van der Waals surface area contributed by atoms with Gasteiger partial charge in [-0.05, 0) is 12.1 Å². The third-order valence-electron chi connectivity index (χ3n) is 2.16. The van der Waals surface area contributed by atoms with E-state index in [9.17, 15) is 4.79 Å². The molecule has 96 valence electrons. The molecule has 1 aromatic rings. The molecule has 0 radical (unpaired) electrons. The summed E-state index contributed by atoms with van der Waals surface area (Å²) in [6.07, 6.45) is 0. The summed E-state index contributed by atoms with van der Waals surface area (Å²) < 4.78 is 10.3. The number of amides is 1. The van der Waals surface area contributed by atoms with E-state index in [0.717, 1.165) is 5.56 Å². The molecule has 5 nitrogen and oxygen atoms in total. The van der Waals surface area contributed by atoms with Crippen LogP contribution in [0.4, 0.5) is 0 Å². The number of nitrogens with one attached hydrogen (secondary N) is 1. The van der Waals surface area contributed by atoms with Gasteiger partial charge in [-0.15, -0.1) is 12.4 Å². The number of benzene rings is 1. The van der Waals surface area contributed by atoms with Crippen molar-refractivity contribution in [1.29, 1.82) is 0 Å². The van der Waals surface area contributed by atoms with Crippen LogP contribution in [0.25, 0.3) is 0 Å². The predicted octanol–water partition coefficient (Wildman–Crippen LogP) is 0.700. The summed E-state index contributed by atoms with van der Waals surface area (Å²) in [4.78, 5) is 11.0. The average molecular weight is 261 g/mol. The highest BCUT2D eigenvalue weighted by atomic mass is 35.5. The molecule has 0 heterocycles. The Hall–Kier alpha value is -1.46. The van der Waals surface area contributed by atoms with Crippen LogP contribution < -0.4 is 20.5 Å². The minimum absolute atomic E-state index is 0. The highest BCUT2D eigenvalue weighted by molar-refractivity contribution is 5.85. The van der Waals surface area contributed by atoms with Gasteiger partial charge in [0.15, 0.2) is 0 Å². The van der Waals surface area contributed by atoms with Crippen LogP contribution in [0.3, 0.4) is 0 Å². The first-order valence-corrected chi connectivity index (χ1v) is 4.89. The van der Waals surface area contributed by atoms with Gasteiger partial charge in [0.2, 0.25) is 5.91 Å². The SMILES string of the molecule is COc1ccc(CNC(=O)CN)c(OC)c1.Cl. The summed E-state index contributed by atoms with van der Waals surface area (Å²) in [6.45, 7) is 0.377. The number of carbonyl (C=O) groups is 1. The molecule has 0 aliphatic heterocycles. The fourth-order valence-corrected chi connectivity index (χ4v) is 1.26. The van der Waals surface area contributed by atoms with Crippen molar-refractivity contribution in [2.24, 2.45) is 5.73 Å². The fraction of sp³-hybridized carbons (Fsp3) is 0.364. The molecule has 0 aliphatic carbocycles. The first-order chi connectivity index (χ1) is 7.71. The smallest absolute Gasteiger partial charge is 0.234 e. The van der Waals surface area contributed by atoms with Crippen LogP contribution in [0.5, 0.6) is 11.5 Å². The van der Waals surface area contributed by atoms with Crippen LogP contribution in [0, 0.1) is 0 Å². The van der Waals surface area contributed by atoms with Gasteiger partial charge in [-0.1, -0.05) is 0 Å². The molecule has 17 heavy (non-hydrogen) atoms. The van der Waals surface area contributed by atoms with Gasteiger partial charge in [-0.3, -0.25) is 4.79 Å². The Morgan fingerprint density at radius 2 is 2.06 bits per heavy atom. The Balaban J connectivity index is 0.00000256. The molecular formula is C11H17ClN2O3. The van der Waals surface area contributed by atoms with E-state index in [1.807, 2.05) is 12.1 Å². The lowest BCUT2D eigenvalue weighted by atomic mass is 10.2. The van der Waals surface area contributed by atoms with E-state index in [1.165, 1.54) is 0 Å². The lowest BCUT2D eigenvalue weighted by molar-refractivity contribution is -0.119. The molecule has 0 saturated carbocycles. The quantitative estimate of drug-likeness (QED) is 0.817. The van der Waals surface area contributed by atoms with Crippen molar-refractivity contribution in [3.63, 3.8) is 0 Å². The van der Waals surface area contributed by atoms with Gasteiger partial charge in [0.05, 0.1) is 20.8 Å². The number of halogens is 1. The lowest BCUT2D eigenvalue weighted by Crippen LogP contribution is -2.29. The maximum Gasteiger partial charge on any atom is 0.234 e. The largest absolute Gasteiger partial charge is 0.497 e. The van der Waals surface area contributed by atoms with E-state index in [0.29, 0.717) is 18.0 Å². The Labute approximate surface area is 107 Å².